The highest BCUT2D eigenvalue weighted by Gasteiger charge is 2.30. The predicted octanol–water partition coefficient (Wildman–Crippen LogP) is 1.47. The maximum atomic E-state index is 11.4. The van der Waals surface area contributed by atoms with Crippen molar-refractivity contribution in [3.8, 4) is 0 Å². The van der Waals surface area contributed by atoms with E-state index in [1.54, 1.807) is 24.3 Å². The summed E-state index contributed by atoms with van der Waals surface area (Å²) in [5, 5.41) is 3.22. The Labute approximate surface area is 86.1 Å². The number of amides is 1. The van der Waals surface area contributed by atoms with Crippen LogP contribution in [0.1, 0.15) is 18.0 Å². The molecular weight excluding hydrogens is 202 g/mol. The van der Waals surface area contributed by atoms with Gasteiger partial charge in [-0.15, -0.1) is 0 Å². The monoisotopic (exact) mass is 209 g/mol. The average Bonchev–Trinajstić information content (AvgIpc) is 2.47. The van der Waals surface area contributed by atoms with Gasteiger partial charge in [-0.2, -0.15) is 0 Å². The average molecular weight is 210 g/mol. The molecule has 1 aliphatic rings. The van der Waals surface area contributed by atoms with Crippen LogP contribution in [0, 0.1) is 0 Å². The van der Waals surface area contributed by atoms with Crippen LogP contribution in [0.3, 0.4) is 0 Å². The lowest BCUT2D eigenvalue weighted by atomic mass is 10.0. The minimum Gasteiger partial charge on any atom is -0.342 e. The summed E-state index contributed by atoms with van der Waals surface area (Å²) in [5.74, 6) is -0.299. The Bertz CT molecular complexity index is 386. The van der Waals surface area contributed by atoms with Crippen molar-refractivity contribution in [2.24, 2.45) is 0 Å². The number of hydrogen-bond donors (Lipinski definition) is 1. The molecule has 1 aromatic rings. The number of nitrogens with one attached hydrogen (secondary N) is 1. The normalized spacial score (nSPS) is 21.1. The summed E-state index contributed by atoms with van der Waals surface area (Å²) in [7, 11) is 0. The number of carbonyl (C=O) groups excluding carboxylic acids is 2. The molecule has 4 heteroatoms. The summed E-state index contributed by atoms with van der Waals surface area (Å²) in [6.07, 6.45) is -0.0205. The lowest BCUT2D eigenvalue weighted by Gasteiger charge is -2.08. The molecule has 72 valence electrons. The summed E-state index contributed by atoms with van der Waals surface area (Å²) in [4.78, 5) is 22.3. The first-order chi connectivity index (χ1) is 6.66. The van der Waals surface area contributed by atoms with E-state index in [0.29, 0.717) is 5.02 Å². The molecule has 0 aliphatic carbocycles. The van der Waals surface area contributed by atoms with Gasteiger partial charge < -0.3 is 5.32 Å². The summed E-state index contributed by atoms with van der Waals surface area (Å²) < 4.78 is 0. The molecule has 0 saturated carbocycles. The van der Waals surface area contributed by atoms with Gasteiger partial charge in [0.25, 0.3) is 0 Å². The van der Waals surface area contributed by atoms with Crippen molar-refractivity contribution in [3.05, 3.63) is 34.9 Å². The molecule has 0 aromatic heterocycles. The van der Waals surface area contributed by atoms with Crippen LogP contribution in [0.4, 0.5) is 0 Å². The van der Waals surface area contributed by atoms with E-state index in [2.05, 4.69) is 5.32 Å². The molecule has 0 bridgehead atoms. The number of rotatable bonds is 1. The van der Waals surface area contributed by atoms with Gasteiger partial charge in [-0.3, -0.25) is 9.59 Å². The highest BCUT2D eigenvalue weighted by Crippen LogP contribution is 2.21. The van der Waals surface area contributed by atoms with E-state index in [1.807, 2.05) is 0 Å². The zero-order chi connectivity index (χ0) is 10.1. The first kappa shape index (κ1) is 9.21. The molecule has 1 amide bonds. The highest BCUT2D eigenvalue weighted by molar-refractivity contribution is 6.30. The zero-order valence-electron chi connectivity index (χ0n) is 7.29. The molecule has 1 aliphatic heterocycles. The van der Waals surface area contributed by atoms with Gasteiger partial charge in [-0.05, 0) is 17.7 Å². The van der Waals surface area contributed by atoms with Crippen LogP contribution in [0.25, 0.3) is 0 Å². The topological polar surface area (TPSA) is 46.2 Å². The number of hydrogen-bond acceptors (Lipinski definition) is 2. The van der Waals surface area contributed by atoms with Crippen molar-refractivity contribution in [1.82, 2.24) is 5.32 Å². The van der Waals surface area contributed by atoms with Gasteiger partial charge in [0.15, 0.2) is 5.78 Å². The van der Waals surface area contributed by atoms with E-state index in [1.165, 1.54) is 0 Å². The third-order valence-corrected chi connectivity index (χ3v) is 2.42. The lowest BCUT2D eigenvalue weighted by molar-refractivity contribution is -0.122. The molecule has 1 fully saturated rings. The molecule has 14 heavy (non-hydrogen) atoms. The van der Waals surface area contributed by atoms with Crippen molar-refractivity contribution in [1.29, 1.82) is 0 Å². The Morgan fingerprint density at radius 3 is 2.36 bits per heavy atom. The van der Waals surface area contributed by atoms with E-state index in [0.717, 1.165) is 5.56 Å². The number of halogens is 1. The van der Waals surface area contributed by atoms with Gasteiger partial charge in [0, 0.05) is 5.02 Å². The Morgan fingerprint density at radius 2 is 1.86 bits per heavy atom. The second-order valence-electron chi connectivity index (χ2n) is 3.20. The predicted molar refractivity (Wildman–Crippen MR) is 52.0 cm³/mol. The molecule has 1 aromatic carbocycles. The molecule has 1 saturated heterocycles. The van der Waals surface area contributed by atoms with Gasteiger partial charge in [0.2, 0.25) is 5.91 Å². The summed E-state index contributed by atoms with van der Waals surface area (Å²) >= 11 is 5.71. The van der Waals surface area contributed by atoms with Crippen molar-refractivity contribution in [2.45, 2.75) is 12.5 Å². The molecule has 1 atom stereocenters. The number of carbonyl (C=O) groups is 2. The number of ketones is 1. The number of benzene rings is 1. The third kappa shape index (κ3) is 1.63. The quantitative estimate of drug-likeness (QED) is 0.712. The van der Waals surface area contributed by atoms with E-state index in [9.17, 15) is 9.59 Å². The van der Waals surface area contributed by atoms with Gasteiger partial charge in [0.05, 0.1) is 6.42 Å². The Balaban J connectivity index is 2.27. The lowest BCUT2D eigenvalue weighted by Crippen LogP contribution is -2.20. The largest absolute Gasteiger partial charge is 0.342 e. The SMILES string of the molecule is O=C1CC(=O)[C@H](c2ccc(Cl)cc2)N1. The smallest absolute Gasteiger partial charge is 0.228 e. The standard InChI is InChI=1S/C10H8ClNO2/c11-7-3-1-6(2-4-7)10-8(13)5-9(14)12-10/h1-4,10H,5H2,(H,12,14)/t10-/m0/s1. The van der Waals surface area contributed by atoms with Crippen molar-refractivity contribution in [3.63, 3.8) is 0 Å². The molecule has 3 nitrogen and oxygen atoms in total. The maximum absolute atomic E-state index is 11.4. The fourth-order valence-electron chi connectivity index (χ4n) is 1.48. The maximum Gasteiger partial charge on any atom is 0.228 e. The minimum absolute atomic E-state index is 0.0205. The zero-order valence-corrected chi connectivity index (χ0v) is 8.04. The summed E-state index contributed by atoms with van der Waals surface area (Å²) in [6, 6.07) is 6.41. The van der Waals surface area contributed by atoms with Crippen molar-refractivity contribution >= 4 is 23.3 Å². The van der Waals surface area contributed by atoms with E-state index in [4.69, 9.17) is 11.6 Å². The summed E-state index contributed by atoms with van der Waals surface area (Å²) in [5.41, 5.74) is 0.783. The molecule has 0 spiro atoms. The van der Waals surface area contributed by atoms with Gasteiger partial charge in [-0.1, -0.05) is 23.7 Å². The Morgan fingerprint density at radius 1 is 1.21 bits per heavy atom. The van der Waals surface area contributed by atoms with Crippen LogP contribution in [0.2, 0.25) is 5.02 Å². The molecule has 0 radical (unpaired) electrons. The highest BCUT2D eigenvalue weighted by atomic mass is 35.5. The van der Waals surface area contributed by atoms with Crippen LogP contribution in [0.15, 0.2) is 24.3 Å². The molecule has 0 unspecified atom stereocenters. The van der Waals surface area contributed by atoms with Crippen LogP contribution in [0.5, 0.6) is 0 Å². The van der Waals surface area contributed by atoms with Gasteiger partial charge in [-0.25, -0.2) is 0 Å². The van der Waals surface area contributed by atoms with Crippen molar-refractivity contribution < 1.29 is 9.59 Å². The van der Waals surface area contributed by atoms with E-state index < -0.39 is 6.04 Å². The second kappa shape index (κ2) is 3.42. The van der Waals surface area contributed by atoms with Gasteiger partial charge >= 0.3 is 0 Å². The minimum atomic E-state index is -0.486. The second-order valence-corrected chi connectivity index (χ2v) is 3.63. The van der Waals surface area contributed by atoms with Crippen LogP contribution >= 0.6 is 11.6 Å². The van der Waals surface area contributed by atoms with Crippen LogP contribution in [-0.4, -0.2) is 11.7 Å². The van der Waals surface area contributed by atoms with Crippen LogP contribution < -0.4 is 5.32 Å². The third-order valence-electron chi connectivity index (χ3n) is 2.17. The van der Waals surface area contributed by atoms with Gasteiger partial charge in [0.1, 0.15) is 6.04 Å². The number of Topliss-reactive ketones (excluding diaryl/α,β-unsaturated/α-hetero) is 1. The first-order valence-electron chi connectivity index (χ1n) is 4.24. The summed E-state index contributed by atoms with van der Waals surface area (Å²) in [6.45, 7) is 0. The molecule has 1 heterocycles. The Hall–Kier alpha value is -1.35. The molecule has 2 rings (SSSR count). The van der Waals surface area contributed by atoms with Crippen molar-refractivity contribution in [2.75, 3.05) is 0 Å². The molecular formula is C10H8ClNO2. The fourth-order valence-corrected chi connectivity index (χ4v) is 1.60. The Kier molecular flexibility index (Phi) is 2.25. The van der Waals surface area contributed by atoms with E-state index in [-0.39, 0.29) is 18.1 Å². The molecule has 1 N–H and O–H groups in total. The van der Waals surface area contributed by atoms with E-state index >= 15 is 0 Å². The van der Waals surface area contributed by atoms with Crippen LogP contribution in [-0.2, 0) is 9.59 Å². The first-order valence-corrected chi connectivity index (χ1v) is 4.62. The fraction of sp³-hybridized carbons (Fsp3) is 0.200.